The molecule has 20 heavy (non-hydrogen) atoms. The van der Waals surface area contributed by atoms with Gasteiger partial charge in [-0.15, -0.1) is 10.2 Å². The molecule has 1 aromatic carbocycles. The second-order valence-electron chi connectivity index (χ2n) is 4.48. The second kappa shape index (κ2) is 5.60. The topological polar surface area (TPSA) is 63.6 Å². The molecular weight excluding hydrogens is 270 g/mol. The Kier molecular flexibility index (Phi) is 3.66. The molecule has 0 fully saturated rings. The fourth-order valence-corrected chi connectivity index (χ4v) is 2.88. The number of nitrogens with zero attached hydrogens (tertiary/aromatic N) is 4. The van der Waals surface area contributed by atoms with Crippen LogP contribution in [0.4, 0.5) is 0 Å². The highest BCUT2D eigenvalue weighted by Crippen LogP contribution is 2.28. The maximum absolute atomic E-state index is 4.32. The van der Waals surface area contributed by atoms with Gasteiger partial charge in [0.25, 0.3) is 0 Å². The van der Waals surface area contributed by atoms with Crippen LogP contribution in [0.5, 0.6) is 0 Å². The number of rotatable bonds is 4. The SMILES string of the molecule is CCNC(C)c1nnc(-c2ccc3nccnc3c2)s1. The van der Waals surface area contributed by atoms with E-state index in [4.69, 9.17) is 0 Å². The third-order valence-corrected chi connectivity index (χ3v) is 4.19. The predicted octanol–water partition coefficient (Wildman–Crippen LogP) is 2.82. The molecule has 0 amide bonds. The average molecular weight is 285 g/mol. The summed E-state index contributed by atoms with van der Waals surface area (Å²) in [6, 6.07) is 6.21. The van der Waals surface area contributed by atoms with E-state index >= 15 is 0 Å². The van der Waals surface area contributed by atoms with Gasteiger partial charge in [-0.3, -0.25) is 9.97 Å². The number of hydrogen-bond acceptors (Lipinski definition) is 6. The Labute approximate surface area is 121 Å². The largest absolute Gasteiger partial charge is 0.308 e. The molecule has 0 saturated carbocycles. The molecule has 2 aromatic heterocycles. The highest BCUT2D eigenvalue weighted by molar-refractivity contribution is 7.14. The molecule has 0 aliphatic carbocycles. The monoisotopic (exact) mass is 285 g/mol. The van der Waals surface area contributed by atoms with Crippen molar-refractivity contribution < 1.29 is 0 Å². The summed E-state index contributed by atoms with van der Waals surface area (Å²) < 4.78 is 0. The molecule has 6 heteroatoms. The Morgan fingerprint density at radius 2 is 1.95 bits per heavy atom. The quantitative estimate of drug-likeness (QED) is 0.798. The van der Waals surface area contributed by atoms with E-state index in [9.17, 15) is 0 Å². The minimum absolute atomic E-state index is 0.228. The van der Waals surface area contributed by atoms with Crippen LogP contribution in [0, 0.1) is 0 Å². The van der Waals surface area contributed by atoms with Crippen molar-refractivity contribution in [3.8, 4) is 10.6 Å². The molecule has 5 nitrogen and oxygen atoms in total. The van der Waals surface area contributed by atoms with Crippen LogP contribution in [0.15, 0.2) is 30.6 Å². The zero-order chi connectivity index (χ0) is 13.9. The van der Waals surface area contributed by atoms with E-state index in [0.717, 1.165) is 33.2 Å². The van der Waals surface area contributed by atoms with Crippen LogP contribution in [0.25, 0.3) is 21.6 Å². The lowest BCUT2D eigenvalue weighted by molar-refractivity contribution is 0.590. The maximum Gasteiger partial charge on any atom is 0.147 e. The fraction of sp³-hybridized carbons (Fsp3) is 0.286. The van der Waals surface area contributed by atoms with Crippen molar-refractivity contribution in [3.63, 3.8) is 0 Å². The van der Waals surface area contributed by atoms with Crippen molar-refractivity contribution >= 4 is 22.4 Å². The van der Waals surface area contributed by atoms with Gasteiger partial charge in [-0.25, -0.2) is 0 Å². The first-order chi connectivity index (χ1) is 9.78. The second-order valence-corrected chi connectivity index (χ2v) is 5.49. The molecule has 1 N–H and O–H groups in total. The van der Waals surface area contributed by atoms with Crippen molar-refractivity contribution in [1.82, 2.24) is 25.5 Å². The Bertz CT molecular complexity index is 724. The van der Waals surface area contributed by atoms with Crippen molar-refractivity contribution in [2.75, 3.05) is 6.54 Å². The fourth-order valence-electron chi connectivity index (χ4n) is 2.02. The normalized spacial score (nSPS) is 12.7. The van der Waals surface area contributed by atoms with Gasteiger partial charge in [0.2, 0.25) is 0 Å². The van der Waals surface area contributed by atoms with Crippen molar-refractivity contribution in [2.24, 2.45) is 0 Å². The molecule has 0 spiro atoms. The zero-order valence-electron chi connectivity index (χ0n) is 11.4. The van der Waals surface area contributed by atoms with Crippen LogP contribution in [-0.2, 0) is 0 Å². The average Bonchev–Trinajstić information content (AvgIpc) is 2.97. The highest BCUT2D eigenvalue weighted by Gasteiger charge is 2.12. The van der Waals surface area contributed by atoms with Crippen LogP contribution in [0.1, 0.15) is 24.9 Å². The molecule has 0 radical (unpaired) electrons. The zero-order valence-corrected chi connectivity index (χ0v) is 12.2. The Balaban J connectivity index is 1.94. The third kappa shape index (κ3) is 2.52. The van der Waals surface area contributed by atoms with Gasteiger partial charge in [-0.05, 0) is 31.7 Å². The summed E-state index contributed by atoms with van der Waals surface area (Å²) in [7, 11) is 0. The van der Waals surface area contributed by atoms with Crippen molar-refractivity contribution in [3.05, 3.63) is 35.6 Å². The molecule has 0 bridgehead atoms. The van der Waals surface area contributed by atoms with Crippen molar-refractivity contribution in [1.29, 1.82) is 0 Å². The molecule has 0 aliphatic heterocycles. The Morgan fingerprint density at radius 1 is 1.15 bits per heavy atom. The van der Waals surface area contributed by atoms with Gasteiger partial charge in [0.05, 0.1) is 17.1 Å². The number of hydrogen-bond donors (Lipinski definition) is 1. The van der Waals surface area contributed by atoms with Gasteiger partial charge in [0, 0.05) is 18.0 Å². The van der Waals surface area contributed by atoms with Crippen molar-refractivity contribution in [2.45, 2.75) is 19.9 Å². The smallest absolute Gasteiger partial charge is 0.147 e. The summed E-state index contributed by atoms with van der Waals surface area (Å²) in [5.41, 5.74) is 2.80. The summed E-state index contributed by atoms with van der Waals surface area (Å²) in [4.78, 5) is 8.59. The van der Waals surface area contributed by atoms with Crippen LogP contribution in [0.2, 0.25) is 0 Å². The first kappa shape index (κ1) is 13.1. The van der Waals surface area contributed by atoms with E-state index in [0.29, 0.717) is 0 Å². The lowest BCUT2D eigenvalue weighted by Gasteiger charge is -2.06. The number of fused-ring (bicyclic) bond motifs is 1. The summed E-state index contributed by atoms with van der Waals surface area (Å²) in [6.45, 7) is 5.10. The van der Waals surface area contributed by atoms with Crippen LogP contribution in [-0.4, -0.2) is 26.7 Å². The van der Waals surface area contributed by atoms with Crippen LogP contribution in [0.3, 0.4) is 0 Å². The van der Waals surface area contributed by atoms with Crippen LogP contribution >= 0.6 is 11.3 Å². The molecule has 0 saturated heterocycles. The van der Waals surface area contributed by atoms with Crippen LogP contribution < -0.4 is 5.32 Å². The molecule has 102 valence electrons. The lowest BCUT2D eigenvalue weighted by atomic mass is 10.2. The standard InChI is InChI=1S/C14H15N5S/c1-3-15-9(2)13-18-19-14(20-13)10-4-5-11-12(8-10)17-7-6-16-11/h4-9,15H,3H2,1-2H3. The molecule has 3 rings (SSSR count). The summed E-state index contributed by atoms with van der Waals surface area (Å²) in [5.74, 6) is 0. The third-order valence-electron chi connectivity index (χ3n) is 3.04. The molecule has 2 heterocycles. The first-order valence-corrected chi connectivity index (χ1v) is 7.37. The van der Waals surface area contributed by atoms with Gasteiger partial charge < -0.3 is 5.32 Å². The lowest BCUT2D eigenvalue weighted by Crippen LogP contribution is -2.17. The molecule has 0 aliphatic rings. The Morgan fingerprint density at radius 3 is 2.75 bits per heavy atom. The van der Waals surface area contributed by atoms with E-state index < -0.39 is 0 Å². The Hall–Kier alpha value is -1.92. The predicted molar refractivity (Wildman–Crippen MR) is 80.5 cm³/mol. The van der Waals surface area contributed by atoms with Gasteiger partial charge in [0.15, 0.2) is 0 Å². The maximum atomic E-state index is 4.32. The molecule has 1 atom stereocenters. The minimum Gasteiger partial charge on any atom is -0.308 e. The van der Waals surface area contributed by atoms with E-state index in [1.807, 2.05) is 18.2 Å². The highest BCUT2D eigenvalue weighted by atomic mass is 32.1. The van der Waals surface area contributed by atoms with E-state index in [-0.39, 0.29) is 6.04 Å². The molecule has 1 unspecified atom stereocenters. The number of aromatic nitrogens is 4. The number of nitrogens with one attached hydrogen (secondary N) is 1. The van der Waals surface area contributed by atoms with Gasteiger partial charge in [-0.1, -0.05) is 18.3 Å². The van der Waals surface area contributed by atoms with E-state index in [2.05, 4.69) is 39.3 Å². The molecule has 3 aromatic rings. The summed E-state index contributed by atoms with van der Waals surface area (Å²) in [5, 5.41) is 13.8. The summed E-state index contributed by atoms with van der Waals surface area (Å²) >= 11 is 1.61. The van der Waals surface area contributed by atoms with Gasteiger partial charge in [0.1, 0.15) is 10.0 Å². The minimum atomic E-state index is 0.228. The summed E-state index contributed by atoms with van der Waals surface area (Å²) in [6.07, 6.45) is 3.40. The molecular formula is C14H15N5S. The van der Waals surface area contributed by atoms with Gasteiger partial charge >= 0.3 is 0 Å². The van der Waals surface area contributed by atoms with Gasteiger partial charge in [-0.2, -0.15) is 0 Å². The first-order valence-electron chi connectivity index (χ1n) is 6.56. The van der Waals surface area contributed by atoms with E-state index in [1.165, 1.54) is 0 Å². The number of benzene rings is 1. The van der Waals surface area contributed by atoms with E-state index in [1.54, 1.807) is 23.7 Å².